The van der Waals surface area contributed by atoms with Gasteiger partial charge in [-0.05, 0) is 72.0 Å². The topological polar surface area (TPSA) is 52.7 Å². The van der Waals surface area contributed by atoms with Gasteiger partial charge in [0.1, 0.15) is 0 Å². The van der Waals surface area contributed by atoms with E-state index in [1.807, 2.05) is 85.7 Å². The maximum absolute atomic E-state index is 14.4. The van der Waals surface area contributed by atoms with Gasteiger partial charge in [0.2, 0.25) is 0 Å². The van der Waals surface area contributed by atoms with E-state index in [2.05, 4.69) is 17.4 Å². The van der Waals surface area contributed by atoms with Gasteiger partial charge in [0.25, 0.3) is 5.91 Å². The van der Waals surface area contributed by atoms with Crippen LogP contribution in [0.25, 0.3) is 0 Å². The van der Waals surface area contributed by atoms with Crippen molar-refractivity contribution in [2.24, 2.45) is 0 Å². The Balaban J connectivity index is 1.56. The zero-order chi connectivity index (χ0) is 27.8. The average molecular weight is 548 g/mol. The predicted molar refractivity (Wildman–Crippen MR) is 162 cm³/mol. The van der Waals surface area contributed by atoms with Gasteiger partial charge in [-0.25, -0.2) is 0 Å². The van der Waals surface area contributed by atoms with Crippen LogP contribution in [0.2, 0.25) is 5.02 Å². The van der Waals surface area contributed by atoms with Gasteiger partial charge in [0, 0.05) is 48.1 Å². The summed E-state index contributed by atoms with van der Waals surface area (Å²) >= 11 is 6.16. The number of ketones is 1. The van der Waals surface area contributed by atoms with E-state index in [-0.39, 0.29) is 17.6 Å². The minimum absolute atomic E-state index is 0.0472. The van der Waals surface area contributed by atoms with Gasteiger partial charge in [-0.15, -0.1) is 0 Å². The number of nitrogens with one attached hydrogen (secondary N) is 1. The predicted octanol–water partition coefficient (Wildman–Crippen LogP) is 7.62. The van der Waals surface area contributed by atoms with Crippen molar-refractivity contribution in [1.29, 1.82) is 0 Å². The molecular weight excluding hydrogens is 518 g/mol. The zero-order valence-corrected chi connectivity index (χ0v) is 23.2. The van der Waals surface area contributed by atoms with Gasteiger partial charge < -0.3 is 10.2 Å². The number of halogens is 1. The number of benzene rings is 4. The number of nitrogens with zero attached hydrogens (tertiary/aromatic N) is 2. The fraction of sp³-hybridized carbons (Fsp3) is 0.176. The number of amides is 1. The summed E-state index contributed by atoms with van der Waals surface area (Å²) in [5.41, 5.74) is 6.60. The lowest BCUT2D eigenvalue weighted by Gasteiger charge is -2.35. The molecule has 0 fully saturated rings. The van der Waals surface area contributed by atoms with Crippen LogP contribution in [0.15, 0.2) is 114 Å². The Morgan fingerprint density at radius 3 is 2.20 bits per heavy atom. The Morgan fingerprint density at radius 2 is 1.50 bits per heavy atom. The smallest absolute Gasteiger partial charge is 0.259 e. The van der Waals surface area contributed by atoms with E-state index in [9.17, 15) is 9.59 Å². The van der Waals surface area contributed by atoms with Gasteiger partial charge in [-0.1, -0.05) is 66.2 Å². The van der Waals surface area contributed by atoms with Crippen LogP contribution < -0.4 is 15.1 Å². The lowest BCUT2D eigenvalue weighted by atomic mass is 9.78. The molecule has 2 atom stereocenters. The highest BCUT2D eigenvalue weighted by atomic mass is 35.5. The second-order valence-electron chi connectivity index (χ2n) is 10.5. The molecule has 6 heteroatoms. The summed E-state index contributed by atoms with van der Waals surface area (Å²) in [6, 6.07) is 32.4. The van der Waals surface area contributed by atoms with Gasteiger partial charge in [0.05, 0.1) is 17.4 Å². The Hall–Kier alpha value is -4.35. The summed E-state index contributed by atoms with van der Waals surface area (Å²) < 4.78 is 0. The highest BCUT2D eigenvalue weighted by Crippen LogP contribution is 2.48. The number of carbonyl (C=O) groups is 2. The molecule has 0 bridgehead atoms. The fourth-order valence-electron chi connectivity index (χ4n) is 5.78. The summed E-state index contributed by atoms with van der Waals surface area (Å²) in [7, 11) is 3.98. The lowest BCUT2D eigenvalue weighted by Crippen LogP contribution is -2.38. The third-order valence-electron chi connectivity index (χ3n) is 7.79. The van der Waals surface area contributed by atoms with E-state index < -0.39 is 6.04 Å². The van der Waals surface area contributed by atoms with Gasteiger partial charge in [-0.3, -0.25) is 14.5 Å². The van der Waals surface area contributed by atoms with E-state index in [1.54, 1.807) is 29.2 Å². The van der Waals surface area contributed by atoms with Crippen molar-refractivity contribution in [2.45, 2.75) is 24.8 Å². The fourth-order valence-corrected chi connectivity index (χ4v) is 5.90. The maximum Gasteiger partial charge on any atom is 0.259 e. The summed E-state index contributed by atoms with van der Waals surface area (Å²) in [6.45, 7) is 0. The molecule has 2 aliphatic rings. The van der Waals surface area contributed by atoms with E-state index in [4.69, 9.17) is 11.6 Å². The van der Waals surface area contributed by atoms with Gasteiger partial charge in [-0.2, -0.15) is 0 Å². The van der Waals surface area contributed by atoms with Crippen LogP contribution in [0.5, 0.6) is 0 Å². The molecule has 1 heterocycles. The number of para-hydroxylation sites is 2. The van der Waals surface area contributed by atoms with Gasteiger partial charge >= 0.3 is 0 Å². The molecule has 6 rings (SSSR count). The van der Waals surface area contributed by atoms with Crippen molar-refractivity contribution in [2.75, 3.05) is 29.2 Å². The minimum atomic E-state index is -0.602. The number of allylic oxidation sites excluding steroid dienone is 1. The molecule has 4 aromatic carbocycles. The number of fused-ring (bicyclic) bond motifs is 1. The number of carbonyl (C=O) groups excluding carboxylic acids is 2. The first-order valence-electron chi connectivity index (χ1n) is 13.4. The number of hydrogen-bond acceptors (Lipinski definition) is 4. The minimum Gasteiger partial charge on any atom is -0.378 e. The van der Waals surface area contributed by atoms with Crippen LogP contribution in [0.3, 0.4) is 0 Å². The normalized spacial score (nSPS) is 18.4. The van der Waals surface area contributed by atoms with Crippen LogP contribution >= 0.6 is 11.6 Å². The average Bonchev–Trinajstić information content (AvgIpc) is 3.12. The van der Waals surface area contributed by atoms with Crippen LogP contribution in [0.4, 0.5) is 17.1 Å². The Labute approximate surface area is 239 Å². The van der Waals surface area contributed by atoms with Crippen LogP contribution in [-0.4, -0.2) is 25.8 Å². The zero-order valence-electron chi connectivity index (χ0n) is 22.5. The number of anilines is 3. The molecule has 1 aliphatic carbocycles. The molecule has 1 aliphatic heterocycles. The van der Waals surface area contributed by atoms with Gasteiger partial charge in [0.15, 0.2) is 5.78 Å². The van der Waals surface area contributed by atoms with Crippen molar-refractivity contribution in [3.8, 4) is 0 Å². The summed E-state index contributed by atoms with van der Waals surface area (Å²) in [5.74, 6) is -0.0901. The number of rotatable bonds is 4. The van der Waals surface area contributed by atoms with Crippen LogP contribution in [0.1, 0.15) is 46.3 Å². The summed E-state index contributed by atoms with van der Waals surface area (Å²) in [4.78, 5) is 32.3. The Kier molecular flexibility index (Phi) is 6.91. The third kappa shape index (κ3) is 4.78. The molecule has 0 spiro atoms. The Bertz CT molecular complexity index is 1590. The van der Waals surface area contributed by atoms with Crippen LogP contribution in [-0.2, 0) is 4.79 Å². The molecule has 4 aromatic rings. The monoisotopic (exact) mass is 547 g/mol. The second kappa shape index (κ2) is 10.7. The molecular formula is C34H30ClN3O2. The molecule has 0 saturated heterocycles. The van der Waals surface area contributed by atoms with Crippen molar-refractivity contribution in [3.05, 3.63) is 136 Å². The van der Waals surface area contributed by atoms with E-state index in [1.165, 1.54) is 0 Å². The first-order valence-corrected chi connectivity index (χ1v) is 13.8. The number of Topliss-reactive ketones (excluding diaryl/α,β-unsaturated/α-hetero) is 1. The molecule has 0 saturated carbocycles. The third-order valence-corrected chi connectivity index (χ3v) is 8.05. The highest BCUT2D eigenvalue weighted by Gasteiger charge is 2.41. The van der Waals surface area contributed by atoms with Crippen LogP contribution in [0, 0.1) is 0 Å². The van der Waals surface area contributed by atoms with Crippen molar-refractivity contribution in [3.63, 3.8) is 0 Å². The maximum atomic E-state index is 14.4. The quantitative estimate of drug-likeness (QED) is 0.285. The Morgan fingerprint density at radius 1 is 0.825 bits per heavy atom. The van der Waals surface area contributed by atoms with Crippen molar-refractivity contribution >= 4 is 40.4 Å². The molecule has 0 unspecified atom stereocenters. The molecule has 0 aromatic heterocycles. The standard InChI is InChI=1S/C34H30ClN3O2/c1-37(2)27-18-14-23(15-19-27)33-32-29(20-25(21-31(32)39)22-8-4-3-5-9-22)36-28-10-6-7-11-30(28)38(33)34(40)24-12-16-26(35)17-13-24/h3-19,25,33,36H,20-21H2,1-2H3/t25-,33+/m1/s1. The molecule has 200 valence electrons. The first-order chi connectivity index (χ1) is 19.4. The summed E-state index contributed by atoms with van der Waals surface area (Å²) in [6.07, 6.45) is 1.06. The van der Waals surface area contributed by atoms with Crippen molar-refractivity contribution in [1.82, 2.24) is 0 Å². The molecule has 1 amide bonds. The van der Waals surface area contributed by atoms with E-state index in [0.717, 1.165) is 33.9 Å². The molecule has 5 nitrogen and oxygen atoms in total. The van der Waals surface area contributed by atoms with Crippen molar-refractivity contribution < 1.29 is 9.59 Å². The SMILES string of the molecule is CN(C)c1ccc([C@H]2C3=C(C[C@@H](c4ccccc4)CC3=O)Nc3ccccc3N2C(=O)c2ccc(Cl)cc2)cc1. The lowest BCUT2D eigenvalue weighted by molar-refractivity contribution is -0.116. The molecule has 0 radical (unpaired) electrons. The number of hydrogen-bond donors (Lipinski definition) is 1. The largest absolute Gasteiger partial charge is 0.378 e. The highest BCUT2D eigenvalue weighted by molar-refractivity contribution is 6.30. The second-order valence-corrected chi connectivity index (χ2v) is 11.0. The summed E-state index contributed by atoms with van der Waals surface area (Å²) in [5, 5.41) is 4.16. The first kappa shape index (κ1) is 25.9. The molecule has 40 heavy (non-hydrogen) atoms. The van der Waals surface area contributed by atoms with E-state index in [0.29, 0.717) is 29.0 Å². The van der Waals surface area contributed by atoms with E-state index >= 15 is 0 Å². The molecule has 1 N–H and O–H groups in total.